The average Bonchev–Trinajstić information content (AvgIpc) is 2.56. The van der Waals surface area contributed by atoms with Gasteiger partial charge in [-0.3, -0.25) is 0 Å². The van der Waals surface area contributed by atoms with Crippen molar-refractivity contribution < 1.29 is 14.9 Å². The van der Waals surface area contributed by atoms with E-state index in [0.29, 0.717) is 5.75 Å². The predicted octanol–water partition coefficient (Wildman–Crippen LogP) is 3.39. The first-order chi connectivity index (χ1) is 11.1. The van der Waals surface area contributed by atoms with Crippen molar-refractivity contribution in [2.24, 2.45) is 0 Å². The summed E-state index contributed by atoms with van der Waals surface area (Å²) in [6, 6.07) is 12.6. The SMILES string of the molecule is C=C(CCc1ccc(O)cc1)NCCc1ccc(O)c(OC)c1. The number of rotatable bonds is 8. The second kappa shape index (κ2) is 8.13. The molecule has 4 nitrogen and oxygen atoms in total. The van der Waals surface area contributed by atoms with Gasteiger partial charge < -0.3 is 20.3 Å². The van der Waals surface area contributed by atoms with Crippen LogP contribution in [0.2, 0.25) is 0 Å². The van der Waals surface area contributed by atoms with Crippen LogP contribution in [-0.2, 0) is 12.8 Å². The van der Waals surface area contributed by atoms with Gasteiger partial charge in [-0.1, -0.05) is 24.8 Å². The quantitative estimate of drug-likeness (QED) is 0.699. The van der Waals surface area contributed by atoms with E-state index < -0.39 is 0 Å². The molecule has 122 valence electrons. The Morgan fingerprint density at radius 3 is 2.43 bits per heavy atom. The Balaban J connectivity index is 1.73. The van der Waals surface area contributed by atoms with Crippen molar-refractivity contribution in [1.82, 2.24) is 5.32 Å². The summed E-state index contributed by atoms with van der Waals surface area (Å²) >= 11 is 0. The lowest BCUT2D eigenvalue weighted by Crippen LogP contribution is -2.16. The molecule has 0 aliphatic carbocycles. The molecule has 0 heterocycles. The first-order valence-corrected chi connectivity index (χ1v) is 7.64. The van der Waals surface area contributed by atoms with Gasteiger partial charge in [0.15, 0.2) is 11.5 Å². The molecule has 3 N–H and O–H groups in total. The van der Waals surface area contributed by atoms with E-state index in [-0.39, 0.29) is 11.5 Å². The van der Waals surface area contributed by atoms with Crippen LogP contribution in [0.15, 0.2) is 54.7 Å². The smallest absolute Gasteiger partial charge is 0.160 e. The van der Waals surface area contributed by atoms with Crippen LogP contribution in [0.3, 0.4) is 0 Å². The lowest BCUT2D eigenvalue weighted by atomic mass is 10.1. The second-order valence-electron chi connectivity index (χ2n) is 5.45. The van der Waals surface area contributed by atoms with Crippen molar-refractivity contribution in [3.8, 4) is 17.2 Å². The molecule has 0 saturated heterocycles. The zero-order valence-corrected chi connectivity index (χ0v) is 13.4. The molecular weight excluding hydrogens is 290 g/mol. The van der Waals surface area contributed by atoms with Gasteiger partial charge in [-0.25, -0.2) is 0 Å². The summed E-state index contributed by atoms with van der Waals surface area (Å²) in [6.45, 7) is 4.82. The van der Waals surface area contributed by atoms with Crippen molar-refractivity contribution in [1.29, 1.82) is 0 Å². The molecule has 2 aromatic rings. The summed E-state index contributed by atoms with van der Waals surface area (Å²) in [6.07, 6.45) is 2.57. The van der Waals surface area contributed by atoms with Crippen molar-refractivity contribution >= 4 is 0 Å². The van der Waals surface area contributed by atoms with Crippen LogP contribution in [0.5, 0.6) is 17.2 Å². The van der Waals surface area contributed by atoms with Crippen LogP contribution >= 0.6 is 0 Å². The van der Waals surface area contributed by atoms with Crippen LogP contribution < -0.4 is 10.1 Å². The molecule has 4 heteroatoms. The number of phenolic OH excluding ortho intramolecular Hbond substituents is 2. The molecule has 0 amide bonds. The molecule has 0 unspecified atom stereocenters. The largest absolute Gasteiger partial charge is 0.508 e. The molecule has 2 aromatic carbocycles. The minimum absolute atomic E-state index is 0.155. The van der Waals surface area contributed by atoms with Crippen molar-refractivity contribution in [3.63, 3.8) is 0 Å². The summed E-state index contributed by atoms with van der Waals surface area (Å²) in [5, 5.41) is 22.1. The number of ether oxygens (including phenoxy) is 1. The molecule has 0 radical (unpaired) electrons. The highest BCUT2D eigenvalue weighted by molar-refractivity contribution is 5.41. The number of methoxy groups -OCH3 is 1. The van der Waals surface area contributed by atoms with Gasteiger partial charge in [-0.2, -0.15) is 0 Å². The Bertz CT molecular complexity index is 650. The minimum Gasteiger partial charge on any atom is -0.508 e. The van der Waals surface area contributed by atoms with Gasteiger partial charge in [0.2, 0.25) is 0 Å². The molecule has 0 aliphatic heterocycles. The van der Waals surface area contributed by atoms with E-state index in [0.717, 1.165) is 37.1 Å². The van der Waals surface area contributed by atoms with E-state index in [1.165, 1.54) is 5.56 Å². The Labute approximate surface area is 137 Å². The van der Waals surface area contributed by atoms with Crippen LogP contribution in [0.25, 0.3) is 0 Å². The van der Waals surface area contributed by atoms with Gasteiger partial charge in [0.25, 0.3) is 0 Å². The monoisotopic (exact) mass is 313 g/mol. The fourth-order valence-corrected chi connectivity index (χ4v) is 2.31. The zero-order valence-electron chi connectivity index (χ0n) is 13.4. The summed E-state index contributed by atoms with van der Waals surface area (Å²) in [5.41, 5.74) is 3.26. The number of allylic oxidation sites excluding steroid dienone is 1. The number of aromatic hydroxyl groups is 2. The van der Waals surface area contributed by atoms with Gasteiger partial charge in [0.1, 0.15) is 5.75 Å². The van der Waals surface area contributed by atoms with E-state index in [1.807, 2.05) is 24.3 Å². The maximum Gasteiger partial charge on any atom is 0.160 e. The summed E-state index contributed by atoms with van der Waals surface area (Å²) < 4.78 is 5.10. The molecule has 2 rings (SSSR count). The second-order valence-corrected chi connectivity index (χ2v) is 5.45. The molecule has 0 aromatic heterocycles. The van der Waals surface area contributed by atoms with Gasteiger partial charge in [0.05, 0.1) is 7.11 Å². The van der Waals surface area contributed by atoms with E-state index in [2.05, 4.69) is 11.9 Å². The predicted molar refractivity (Wildman–Crippen MR) is 91.9 cm³/mol. The van der Waals surface area contributed by atoms with Crippen LogP contribution in [-0.4, -0.2) is 23.9 Å². The van der Waals surface area contributed by atoms with E-state index in [9.17, 15) is 10.2 Å². The molecule has 0 spiro atoms. The lowest BCUT2D eigenvalue weighted by molar-refractivity contribution is 0.373. The third-order valence-corrected chi connectivity index (χ3v) is 3.68. The summed E-state index contributed by atoms with van der Waals surface area (Å²) in [5.74, 6) is 0.936. The number of phenols is 2. The van der Waals surface area contributed by atoms with E-state index >= 15 is 0 Å². The first-order valence-electron chi connectivity index (χ1n) is 7.64. The number of aryl methyl sites for hydroxylation is 1. The Morgan fingerprint density at radius 1 is 1.04 bits per heavy atom. The fourth-order valence-electron chi connectivity index (χ4n) is 2.31. The molecular formula is C19H23NO3. The topological polar surface area (TPSA) is 61.7 Å². The van der Waals surface area contributed by atoms with Crippen molar-refractivity contribution in [3.05, 3.63) is 65.9 Å². The molecule has 0 atom stereocenters. The minimum atomic E-state index is 0.155. The number of nitrogens with one attached hydrogen (secondary N) is 1. The standard InChI is InChI=1S/C19H23NO3/c1-14(3-4-15-5-8-17(21)9-6-15)20-12-11-16-7-10-18(22)19(13-16)23-2/h5-10,13,20-22H,1,3-4,11-12H2,2H3. The van der Waals surface area contributed by atoms with Gasteiger partial charge >= 0.3 is 0 Å². The Hall–Kier alpha value is -2.62. The number of benzene rings is 2. The van der Waals surface area contributed by atoms with Crippen LogP contribution in [0.1, 0.15) is 17.5 Å². The lowest BCUT2D eigenvalue weighted by Gasteiger charge is -2.11. The highest BCUT2D eigenvalue weighted by atomic mass is 16.5. The van der Waals surface area contributed by atoms with Crippen molar-refractivity contribution in [2.75, 3.05) is 13.7 Å². The normalized spacial score (nSPS) is 10.3. The van der Waals surface area contributed by atoms with Gasteiger partial charge in [0, 0.05) is 12.2 Å². The highest BCUT2D eigenvalue weighted by Gasteiger charge is 2.03. The fraction of sp³-hybridized carbons (Fsp3) is 0.263. The van der Waals surface area contributed by atoms with E-state index in [4.69, 9.17) is 4.74 Å². The maximum atomic E-state index is 9.57. The zero-order chi connectivity index (χ0) is 16.7. The summed E-state index contributed by atoms with van der Waals surface area (Å²) in [7, 11) is 1.54. The third kappa shape index (κ3) is 5.25. The van der Waals surface area contributed by atoms with E-state index in [1.54, 1.807) is 25.3 Å². The molecule has 0 aliphatic rings. The molecule has 0 saturated carbocycles. The molecule has 23 heavy (non-hydrogen) atoms. The third-order valence-electron chi connectivity index (χ3n) is 3.68. The van der Waals surface area contributed by atoms with Gasteiger partial charge in [-0.05, 0) is 54.7 Å². The maximum absolute atomic E-state index is 9.57. The average molecular weight is 313 g/mol. The first kappa shape index (κ1) is 16.7. The molecule has 0 fully saturated rings. The number of hydrogen-bond acceptors (Lipinski definition) is 4. The van der Waals surface area contributed by atoms with Crippen LogP contribution in [0, 0.1) is 0 Å². The molecule has 0 bridgehead atoms. The summed E-state index contributed by atoms with van der Waals surface area (Å²) in [4.78, 5) is 0. The highest BCUT2D eigenvalue weighted by Crippen LogP contribution is 2.26. The van der Waals surface area contributed by atoms with Gasteiger partial charge in [-0.15, -0.1) is 0 Å². The Morgan fingerprint density at radius 2 is 1.74 bits per heavy atom. The number of hydrogen-bond donors (Lipinski definition) is 3. The Kier molecular flexibility index (Phi) is 5.92. The van der Waals surface area contributed by atoms with Crippen LogP contribution in [0.4, 0.5) is 0 Å². The van der Waals surface area contributed by atoms with Crippen molar-refractivity contribution in [2.45, 2.75) is 19.3 Å².